The van der Waals surface area contributed by atoms with E-state index >= 15 is 0 Å². The van der Waals surface area contributed by atoms with E-state index in [1.54, 1.807) is 16.7 Å². The van der Waals surface area contributed by atoms with Crippen LogP contribution in [0.3, 0.4) is 0 Å². The highest BCUT2D eigenvalue weighted by molar-refractivity contribution is 8.00. The number of carbonyl (C=O) groups is 2. The molecule has 0 spiro atoms. The first-order valence-corrected chi connectivity index (χ1v) is 13.5. The molecule has 3 aliphatic rings. The number of thioether (sulfide) groups is 1. The molecular formula is C24H40N4O6S. The van der Waals surface area contributed by atoms with Gasteiger partial charge in [0.2, 0.25) is 0 Å². The minimum absolute atomic E-state index is 0.183. The van der Waals surface area contributed by atoms with E-state index in [1.807, 2.05) is 41.5 Å². The van der Waals surface area contributed by atoms with E-state index in [4.69, 9.17) is 18.9 Å². The maximum atomic E-state index is 13.2. The Morgan fingerprint density at radius 3 is 2.54 bits per heavy atom. The Kier molecular flexibility index (Phi) is 9.86. The molecule has 11 heteroatoms. The van der Waals surface area contributed by atoms with E-state index in [1.165, 1.54) is 0 Å². The summed E-state index contributed by atoms with van der Waals surface area (Å²) in [5.41, 5.74) is 0.546. The first kappa shape index (κ1) is 27.8. The number of nitrogens with zero attached hydrogens (tertiary/aromatic N) is 2. The second-order valence-electron chi connectivity index (χ2n) is 9.69. The molecule has 3 rings (SSSR count). The van der Waals surface area contributed by atoms with Crippen LogP contribution in [0.2, 0.25) is 0 Å². The average molecular weight is 513 g/mol. The molecule has 1 amide bonds. The molecule has 0 aromatic heterocycles. The molecule has 0 aromatic rings. The summed E-state index contributed by atoms with van der Waals surface area (Å²) in [5, 5.41) is 6.35. The highest BCUT2D eigenvalue weighted by Crippen LogP contribution is 2.40. The molecule has 0 radical (unpaired) electrons. The smallest absolute Gasteiger partial charge is 0.355 e. The Balaban J connectivity index is 1.73. The molecule has 35 heavy (non-hydrogen) atoms. The molecule has 3 heterocycles. The second kappa shape index (κ2) is 12.4. The normalized spacial score (nSPS) is 25.3. The first-order valence-electron chi connectivity index (χ1n) is 12.4. The summed E-state index contributed by atoms with van der Waals surface area (Å²) in [6.07, 6.45) is 2.29. The molecule has 198 valence electrons. The zero-order chi connectivity index (χ0) is 25.6. The predicted octanol–water partition coefficient (Wildman–Crippen LogP) is 2.35. The van der Waals surface area contributed by atoms with Crippen LogP contribution in [0, 0.1) is 0 Å². The van der Waals surface area contributed by atoms with E-state index in [-0.39, 0.29) is 24.1 Å². The highest BCUT2D eigenvalue weighted by Gasteiger charge is 2.54. The monoisotopic (exact) mass is 512 g/mol. The summed E-state index contributed by atoms with van der Waals surface area (Å²) in [4.78, 5) is 32.3. The van der Waals surface area contributed by atoms with Crippen molar-refractivity contribution in [2.24, 2.45) is 4.99 Å². The van der Waals surface area contributed by atoms with Gasteiger partial charge in [0.15, 0.2) is 12.2 Å². The summed E-state index contributed by atoms with van der Waals surface area (Å²) in [6.45, 7) is 13.1. The lowest BCUT2D eigenvalue weighted by atomic mass is 10.0. The summed E-state index contributed by atoms with van der Waals surface area (Å²) in [7, 11) is 0. The number of aliphatic imine (C=N–C) groups is 1. The van der Waals surface area contributed by atoms with Crippen molar-refractivity contribution in [1.82, 2.24) is 15.5 Å². The van der Waals surface area contributed by atoms with Gasteiger partial charge in [-0.2, -0.15) is 0 Å². The minimum Gasteiger partial charge on any atom is -0.455 e. The largest absolute Gasteiger partial charge is 0.455 e. The van der Waals surface area contributed by atoms with Crippen molar-refractivity contribution < 1.29 is 28.5 Å². The van der Waals surface area contributed by atoms with Crippen molar-refractivity contribution in [2.75, 3.05) is 32.1 Å². The van der Waals surface area contributed by atoms with Crippen LogP contribution in [0.15, 0.2) is 16.3 Å². The van der Waals surface area contributed by atoms with E-state index in [0.29, 0.717) is 37.2 Å². The minimum atomic E-state index is -0.641. The van der Waals surface area contributed by atoms with Crippen molar-refractivity contribution in [1.29, 1.82) is 0 Å². The fourth-order valence-corrected chi connectivity index (χ4v) is 5.36. The standard InChI is InChI=1S/C24H40N4O6S/c1-7-31-17(32-8-2)13-25-23(26-16-11-9-10-12-33-16)27-18-20(29)28-19(15(3)14-35-21(18)28)22(30)34-24(4,5)6/h16-18,21H,7-14H2,1-6H3,(H2,25,26,27)/t16?,18?,21-/m1/s1. The number of carbonyl (C=O) groups excluding carboxylic acids is 2. The number of amides is 1. The highest BCUT2D eigenvalue weighted by atomic mass is 32.2. The van der Waals surface area contributed by atoms with Crippen LogP contribution in [-0.2, 0) is 28.5 Å². The van der Waals surface area contributed by atoms with Gasteiger partial charge in [-0.05, 0) is 66.4 Å². The first-order chi connectivity index (χ1) is 16.6. The van der Waals surface area contributed by atoms with Gasteiger partial charge in [-0.3, -0.25) is 9.69 Å². The van der Waals surface area contributed by atoms with Crippen LogP contribution in [0.25, 0.3) is 0 Å². The molecule has 3 aliphatic heterocycles. The molecule has 10 nitrogen and oxygen atoms in total. The number of hydrogen-bond acceptors (Lipinski definition) is 8. The van der Waals surface area contributed by atoms with Crippen LogP contribution in [0.1, 0.15) is 60.8 Å². The Morgan fingerprint density at radius 2 is 1.94 bits per heavy atom. The third kappa shape index (κ3) is 7.34. The van der Waals surface area contributed by atoms with Gasteiger partial charge in [-0.25, -0.2) is 9.79 Å². The second-order valence-corrected chi connectivity index (χ2v) is 10.8. The van der Waals surface area contributed by atoms with Crippen molar-refractivity contribution in [3.05, 3.63) is 11.3 Å². The zero-order valence-corrected chi connectivity index (χ0v) is 22.5. The molecule has 2 saturated heterocycles. The lowest BCUT2D eigenvalue weighted by Crippen LogP contribution is -2.71. The maximum Gasteiger partial charge on any atom is 0.355 e. The van der Waals surface area contributed by atoms with Crippen molar-refractivity contribution >= 4 is 29.6 Å². The number of hydrogen-bond donors (Lipinski definition) is 2. The van der Waals surface area contributed by atoms with Crippen LogP contribution in [-0.4, -0.2) is 84.4 Å². The quantitative estimate of drug-likeness (QED) is 0.158. The van der Waals surface area contributed by atoms with Crippen LogP contribution in [0.5, 0.6) is 0 Å². The number of rotatable bonds is 9. The number of nitrogens with one attached hydrogen (secondary N) is 2. The van der Waals surface area contributed by atoms with Gasteiger partial charge in [-0.1, -0.05) is 0 Å². The molecule has 0 bridgehead atoms. The topological polar surface area (TPSA) is 111 Å². The van der Waals surface area contributed by atoms with Crippen molar-refractivity contribution in [3.63, 3.8) is 0 Å². The van der Waals surface area contributed by atoms with Gasteiger partial charge in [0, 0.05) is 25.6 Å². The Labute approximate surface area is 212 Å². The fourth-order valence-electron chi connectivity index (χ4n) is 4.07. The van der Waals surface area contributed by atoms with Crippen LogP contribution < -0.4 is 10.6 Å². The Hall–Kier alpha value is -1.82. The lowest BCUT2D eigenvalue weighted by Gasteiger charge is -2.50. The molecule has 3 atom stereocenters. The molecule has 0 saturated carbocycles. The SMILES string of the molecule is CCOC(CN=C(NC1CCCCO1)NC1C(=O)N2C(C(=O)OC(C)(C)C)=C(C)CS[C@H]12)OCC. The lowest BCUT2D eigenvalue weighted by molar-refractivity contribution is -0.158. The summed E-state index contributed by atoms with van der Waals surface area (Å²) >= 11 is 1.61. The number of β-lactam (4-membered cyclic amide) rings is 1. The molecule has 2 fully saturated rings. The number of guanidine groups is 1. The summed E-state index contributed by atoms with van der Waals surface area (Å²) < 4.78 is 22.6. The van der Waals surface area contributed by atoms with Crippen molar-refractivity contribution in [2.45, 2.75) is 90.3 Å². The summed E-state index contributed by atoms with van der Waals surface area (Å²) in [5.74, 6) is 0.451. The van der Waals surface area contributed by atoms with Gasteiger partial charge >= 0.3 is 5.97 Å². The third-order valence-corrected chi connectivity index (χ3v) is 7.05. The van der Waals surface area contributed by atoms with E-state index in [0.717, 1.165) is 24.8 Å². The predicted molar refractivity (Wildman–Crippen MR) is 135 cm³/mol. The Bertz CT molecular complexity index is 815. The van der Waals surface area contributed by atoms with Gasteiger partial charge in [-0.15, -0.1) is 11.8 Å². The molecule has 0 aliphatic carbocycles. The van der Waals surface area contributed by atoms with Crippen molar-refractivity contribution in [3.8, 4) is 0 Å². The van der Waals surface area contributed by atoms with Crippen LogP contribution in [0.4, 0.5) is 0 Å². The van der Waals surface area contributed by atoms with E-state index in [2.05, 4.69) is 15.6 Å². The maximum absolute atomic E-state index is 13.2. The molecule has 2 N–H and O–H groups in total. The Morgan fingerprint density at radius 1 is 1.23 bits per heavy atom. The number of esters is 1. The van der Waals surface area contributed by atoms with Gasteiger partial charge in [0.25, 0.3) is 5.91 Å². The average Bonchev–Trinajstić information content (AvgIpc) is 2.80. The molecular weight excluding hydrogens is 472 g/mol. The van der Waals surface area contributed by atoms with Gasteiger partial charge in [0.05, 0.1) is 6.54 Å². The van der Waals surface area contributed by atoms with E-state index < -0.39 is 23.9 Å². The molecule has 0 aromatic carbocycles. The van der Waals surface area contributed by atoms with Gasteiger partial charge < -0.3 is 29.6 Å². The zero-order valence-electron chi connectivity index (χ0n) is 21.7. The number of fused-ring (bicyclic) bond motifs is 1. The summed E-state index contributed by atoms with van der Waals surface area (Å²) in [6, 6.07) is -0.530. The van der Waals surface area contributed by atoms with Crippen LogP contribution >= 0.6 is 11.8 Å². The van der Waals surface area contributed by atoms with E-state index in [9.17, 15) is 9.59 Å². The fraction of sp³-hybridized carbons (Fsp3) is 0.792. The molecule has 2 unspecified atom stereocenters. The van der Waals surface area contributed by atoms with Gasteiger partial charge in [0.1, 0.15) is 28.9 Å². The third-order valence-electron chi connectivity index (χ3n) is 5.62. The number of ether oxygens (including phenoxy) is 4.